The van der Waals surface area contributed by atoms with Crippen LogP contribution in [0.4, 0.5) is 16.2 Å². The minimum atomic E-state index is -3.76. The number of aromatic nitrogens is 1. The fourth-order valence-electron chi connectivity index (χ4n) is 1.37. The number of nitrogens with zero attached hydrogens (tertiary/aromatic N) is 1. The van der Waals surface area contributed by atoms with Crippen LogP contribution >= 0.6 is 22.9 Å². The third kappa shape index (κ3) is 3.59. The molecule has 4 N–H and O–H groups in total. The van der Waals surface area contributed by atoms with E-state index in [9.17, 15) is 13.2 Å². The molecule has 106 valence electrons. The first-order valence-electron chi connectivity index (χ1n) is 5.17. The van der Waals surface area contributed by atoms with Gasteiger partial charge in [0.05, 0.1) is 11.9 Å². The Kier molecular flexibility index (Phi) is 4.12. The van der Waals surface area contributed by atoms with Crippen molar-refractivity contribution in [1.29, 1.82) is 0 Å². The number of thiazole rings is 1. The number of benzene rings is 1. The van der Waals surface area contributed by atoms with Crippen LogP contribution in [0.3, 0.4) is 0 Å². The van der Waals surface area contributed by atoms with Gasteiger partial charge < -0.3 is 11.1 Å². The summed E-state index contributed by atoms with van der Waals surface area (Å²) in [7, 11) is -3.76. The zero-order valence-electron chi connectivity index (χ0n) is 9.83. The molecule has 0 unspecified atom stereocenters. The minimum absolute atomic E-state index is 0.00392. The van der Waals surface area contributed by atoms with Gasteiger partial charge in [-0.1, -0.05) is 29.0 Å². The number of sulfonamides is 1. The van der Waals surface area contributed by atoms with Crippen LogP contribution in [0.2, 0.25) is 4.47 Å². The molecule has 2 aromatic rings. The molecule has 0 aliphatic heterocycles. The van der Waals surface area contributed by atoms with E-state index < -0.39 is 16.1 Å². The molecule has 0 aliphatic carbocycles. The van der Waals surface area contributed by atoms with Crippen molar-refractivity contribution in [3.05, 3.63) is 34.9 Å². The van der Waals surface area contributed by atoms with Crippen molar-refractivity contribution in [1.82, 2.24) is 4.98 Å². The van der Waals surface area contributed by atoms with Crippen molar-refractivity contribution in [3.8, 4) is 0 Å². The van der Waals surface area contributed by atoms with E-state index in [4.69, 9.17) is 17.3 Å². The van der Waals surface area contributed by atoms with Crippen LogP contribution in [0.15, 0.2) is 34.7 Å². The van der Waals surface area contributed by atoms with Crippen molar-refractivity contribution in [2.45, 2.75) is 4.21 Å². The molecule has 1 aromatic heterocycles. The Hall–Kier alpha value is -1.84. The van der Waals surface area contributed by atoms with E-state index in [1.807, 2.05) is 0 Å². The Bertz CT molecular complexity index is 744. The minimum Gasteiger partial charge on any atom is -0.351 e. The quantitative estimate of drug-likeness (QED) is 0.795. The number of anilines is 2. The van der Waals surface area contributed by atoms with Crippen molar-refractivity contribution in [3.63, 3.8) is 0 Å². The highest BCUT2D eigenvalue weighted by Crippen LogP contribution is 2.25. The third-order valence-electron chi connectivity index (χ3n) is 2.10. The van der Waals surface area contributed by atoms with Crippen molar-refractivity contribution in [2.75, 3.05) is 10.0 Å². The molecule has 0 fully saturated rings. The Morgan fingerprint density at radius 2 is 2.05 bits per heavy atom. The normalized spacial score (nSPS) is 11.1. The van der Waals surface area contributed by atoms with Gasteiger partial charge in [0.1, 0.15) is 0 Å². The summed E-state index contributed by atoms with van der Waals surface area (Å²) in [6.45, 7) is 0. The van der Waals surface area contributed by atoms with E-state index >= 15 is 0 Å². The molecule has 0 atom stereocenters. The summed E-state index contributed by atoms with van der Waals surface area (Å²) in [6, 6.07) is 5.38. The van der Waals surface area contributed by atoms with Crippen LogP contribution in [0.25, 0.3) is 0 Å². The first kappa shape index (κ1) is 14.6. The van der Waals surface area contributed by atoms with Gasteiger partial charge in [-0.25, -0.2) is 18.2 Å². The molecule has 0 spiro atoms. The Labute approximate surface area is 123 Å². The van der Waals surface area contributed by atoms with Gasteiger partial charge in [-0.3, -0.25) is 4.72 Å². The molecule has 0 bridgehead atoms. The summed E-state index contributed by atoms with van der Waals surface area (Å²) in [6.07, 6.45) is 1.17. The molecule has 2 amide bonds. The second-order valence-corrected chi connectivity index (χ2v) is 7.13. The molecule has 0 radical (unpaired) electrons. The Morgan fingerprint density at radius 3 is 2.65 bits per heavy atom. The van der Waals surface area contributed by atoms with E-state index in [0.29, 0.717) is 5.69 Å². The molecule has 2 rings (SSSR count). The van der Waals surface area contributed by atoms with Crippen LogP contribution in [-0.4, -0.2) is 19.4 Å². The van der Waals surface area contributed by atoms with Crippen LogP contribution in [0, 0.1) is 0 Å². The zero-order valence-corrected chi connectivity index (χ0v) is 12.2. The largest absolute Gasteiger partial charge is 0.351 e. The van der Waals surface area contributed by atoms with Gasteiger partial charge in [-0.2, -0.15) is 0 Å². The van der Waals surface area contributed by atoms with Gasteiger partial charge in [0.2, 0.25) is 0 Å². The standard InChI is InChI=1S/C10H9ClN4O3S2/c11-9-13-5-8(19-9)20(17,18)15-7-3-1-2-6(4-7)14-10(12)16/h1-5,15H,(H3,12,14,16). The molecule has 7 nitrogen and oxygen atoms in total. The molecular formula is C10H9ClN4O3S2. The van der Waals surface area contributed by atoms with Crippen molar-refractivity contribution in [2.24, 2.45) is 5.73 Å². The highest BCUT2D eigenvalue weighted by atomic mass is 35.5. The first-order valence-corrected chi connectivity index (χ1v) is 7.85. The summed E-state index contributed by atoms with van der Waals surface area (Å²) in [5, 5.41) is 2.35. The molecule has 1 heterocycles. The highest BCUT2D eigenvalue weighted by Gasteiger charge is 2.17. The Balaban J connectivity index is 2.23. The predicted octanol–water partition coefficient (Wildman–Crippen LogP) is 2.09. The second kappa shape index (κ2) is 5.65. The summed E-state index contributed by atoms with van der Waals surface area (Å²) in [4.78, 5) is 14.4. The molecule has 1 aromatic carbocycles. The van der Waals surface area contributed by atoms with Gasteiger partial charge >= 0.3 is 6.03 Å². The average molecular weight is 333 g/mol. The lowest BCUT2D eigenvalue weighted by molar-refractivity contribution is 0.259. The fourth-order valence-corrected chi connectivity index (χ4v) is 3.71. The van der Waals surface area contributed by atoms with Crippen LogP contribution < -0.4 is 15.8 Å². The number of nitrogens with one attached hydrogen (secondary N) is 2. The lowest BCUT2D eigenvalue weighted by Crippen LogP contribution is -2.19. The number of urea groups is 1. The lowest BCUT2D eigenvalue weighted by Gasteiger charge is -2.08. The van der Waals surface area contributed by atoms with Crippen LogP contribution in [-0.2, 0) is 10.0 Å². The fraction of sp³-hybridized carbons (Fsp3) is 0. The molecule has 0 saturated heterocycles. The average Bonchev–Trinajstić information content (AvgIpc) is 2.75. The molecule has 20 heavy (non-hydrogen) atoms. The van der Waals surface area contributed by atoms with Gasteiger partial charge in [-0.15, -0.1) is 0 Å². The van der Waals surface area contributed by atoms with Gasteiger partial charge in [0.15, 0.2) is 8.68 Å². The monoisotopic (exact) mass is 332 g/mol. The maximum Gasteiger partial charge on any atom is 0.316 e. The number of hydrogen-bond donors (Lipinski definition) is 3. The van der Waals surface area contributed by atoms with E-state index in [2.05, 4.69) is 15.0 Å². The van der Waals surface area contributed by atoms with E-state index in [1.54, 1.807) is 12.1 Å². The maximum absolute atomic E-state index is 12.0. The van der Waals surface area contributed by atoms with Gasteiger partial charge in [-0.05, 0) is 18.2 Å². The van der Waals surface area contributed by atoms with E-state index in [-0.39, 0.29) is 14.4 Å². The van der Waals surface area contributed by atoms with Gasteiger partial charge in [0, 0.05) is 5.69 Å². The lowest BCUT2D eigenvalue weighted by atomic mass is 10.3. The Morgan fingerprint density at radius 1 is 1.35 bits per heavy atom. The number of primary amides is 1. The number of rotatable bonds is 4. The molecule has 0 aliphatic rings. The molecular weight excluding hydrogens is 324 g/mol. The van der Waals surface area contributed by atoms with Gasteiger partial charge in [0.25, 0.3) is 10.0 Å². The number of hydrogen-bond acceptors (Lipinski definition) is 5. The highest BCUT2D eigenvalue weighted by molar-refractivity contribution is 7.94. The summed E-state index contributed by atoms with van der Waals surface area (Å²) in [5.41, 5.74) is 5.64. The van der Waals surface area contributed by atoms with Crippen LogP contribution in [0.5, 0.6) is 0 Å². The molecule has 0 saturated carbocycles. The SMILES string of the molecule is NC(=O)Nc1cccc(NS(=O)(=O)c2cnc(Cl)s2)c1. The summed E-state index contributed by atoms with van der Waals surface area (Å²) >= 11 is 6.45. The number of nitrogens with two attached hydrogens (primary N) is 1. The zero-order chi connectivity index (χ0) is 14.8. The second-order valence-electron chi connectivity index (χ2n) is 3.61. The number of amides is 2. The smallest absolute Gasteiger partial charge is 0.316 e. The topological polar surface area (TPSA) is 114 Å². The van der Waals surface area contributed by atoms with E-state index in [1.165, 1.54) is 18.3 Å². The maximum atomic E-state index is 12.0. The van der Waals surface area contributed by atoms with E-state index in [0.717, 1.165) is 11.3 Å². The summed E-state index contributed by atoms with van der Waals surface area (Å²) in [5.74, 6) is 0. The number of carbonyl (C=O) groups is 1. The van der Waals surface area contributed by atoms with Crippen molar-refractivity contribution < 1.29 is 13.2 Å². The number of carbonyl (C=O) groups excluding carboxylic acids is 1. The van der Waals surface area contributed by atoms with Crippen molar-refractivity contribution >= 4 is 50.4 Å². The van der Waals surface area contributed by atoms with Crippen LogP contribution in [0.1, 0.15) is 0 Å². The first-order chi connectivity index (χ1) is 9.37. The predicted molar refractivity (Wildman–Crippen MR) is 77.6 cm³/mol. The number of halogens is 1. The third-order valence-corrected chi connectivity index (χ3v) is 5.06. The molecule has 10 heteroatoms. The summed E-state index contributed by atoms with van der Waals surface area (Å²) < 4.78 is 26.6.